The van der Waals surface area contributed by atoms with E-state index >= 15 is 4.39 Å². The zero-order valence-corrected chi connectivity index (χ0v) is 21.7. The molecule has 2 aromatic carbocycles. The molecule has 3 rings (SSSR count). The van der Waals surface area contributed by atoms with Gasteiger partial charge in [0.05, 0.1) is 28.0 Å². The minimum atomic E-state index is -4.70. The van der Waals surface area contributed by atoms with Gasteiger partial charge in [-0.05, 0) is 69.4 Å². The summed E-state index contributed by atoms with van der Waals surface area (Å²) in [6, 6.07) is 8.13. The number of esters is 1. The molecule has 1 saturated carbocycles. The number of halogens is 6. The summed E-state index contributed by atoms with van der Waals surface area (Å²) in [4.78, 5) is 25.8. The van der Waals surface area contributed by atoms with Crippen LogP contribution < -0.4 is 5.32 Å². The minimum Gasteiger partial charge on any atom is -0.460 e. The number of hydrogen-bond donors (Lipinski definition) is 1. The number of anilines is 1. The first kappa shape index (κ1) is 28.3. The summed E-state index contributed by atoms with van der Waals surface area (Å²) in [5, 5.41) is 2.37. The van der Waals surface area contributed by atoms with Gasteiger partial charge in [-0.2, -0.15) is 13.2 Å². The molecule has 0 heterocycles. The summed E-state index contributed by atoms with van der Waals surface area (Å²) in [6.07, 6.45) is -3.67. The summed E-state index contributed by atoms with van der Waals surface area (Å²) < 4.78 is 61.9. The lowest BCUT2D eigenvalue weighted by Crippen LogP contribution is -2.34. The van der Waals surface area contributed by atoms with Gasteiger partial charge in [-0.25, -0.2) is 4.39 Å². The largest absolute Gasteiger partial charge is 0.460 e. The van der Waals surface area contributed by atoms with E-state index in [9.17, 15) is 22.8 Å². The molecule has 36 heavy (non-hydrogen) atoms. The van der Waals surface area contributed by atoms with Gasteiger partial charge in [-0.1, -0.05) is 48.3 Å². The molecule has 0 saturated heterocycles. The zero-order valence-electron chi connectivity index (χ0n) is 20.2. The third-order valence-electron chi connectivity index (χ3n) is 6.16. The normalized spacial score (nSPS) is 16.7. The number of rotatable bonds is 7. The monoisotopic (exact) mass is 547 g/mol. The van der Waals surface area contributed by atoms with Gasteiger partial charge in [0.1, 0.15) is 5.60 Å². The van der Waals surface area contributed by atoms with E-state index in [1.807, 2.05) is 0 Å². The van der Waals surface area contributed by atoms with E-state index in [0.717, 1.165) is 6.92 Å². The maximum atomic E-state index is 15.5. The van der Waals surface area contributed by atoms with E-state index < -0.39 is 52.4 Å². The predicted molar refractivity (Wildman–Crippen MR) is 131 cm³/mol. The molecule has 0 aliphatic heterocycles. The predicted octanol–water partition coefficient (Wildman–Crippen LogP) is 7.72. The molecule has 196 valence electrons. The van der Waals surface area contributed by atoms with Crippen LogP contribution in [0.4, 0.5) is 23.2 Å². The van der Waals surface area contributed by atoms with Crippen molar-refractivity contribution in [3.05, 3.63) is 63.4 Å². The molecule has 1 fully saturated rings. The maximum Gasteiger partial charge on any atom is 0.392 e. The van der Waals surface area contributed by atoms with Crippen LogP contribution in [0.15, 0.2) is 36.4 Å². The topological polar surface area (TPSA) is 55.4 Å². The smallest absolute Gasteiger partial charge is 0.392 e. The minimum absolute atomic E-state index is 0.00729. The van der Waals surface area contributed by atoms with E-state index in [2.05, 4.69) is 5.32 Å². The number of nitrogens with one attached hydrogen (secondary N) is 1. The van der Waals surface area contributed by atoms with Crippen LogP contribution in [0, 0.1) is 17.2 Å². The highest BCUT2D eigenvalue weighted by Crippen LogP contribution is 2.51. The van der Waals surface area contributed by atoms with E-state index in [4.69, 9.17) is 27.9 Å². The second kappa shape index (κ2) is 10.2. The van der Waals surface area contributed by atoms with E-state index in [1.54, 1.807) is 20.8 Å². The van der Waals surface area contributed by atoms with Crippen molar-refractivity contribution < 1.29 is 31.9 Å². The van der Waals surface area contributed by atoms with Crippen molar-refractivity contribution in [1.29, 1.82) is 0 Å². The summed E-state index contributed by atoms with van der Waals surface area (Å²) in [6.45, 7) is 6.08. The Morgan fingerprint density at radius 1 is 1.06 bits per heavy atom. The summed E-state index contributed by atoms with van der Waals surface area (Å²) in [7, 11) is 0. The lowest BCUT2D eigenvalue weighted by Gasteiger charge is -2.26. The van der Waals surface area contributed by atoms with Crippen molar-refractivity contribution in [2.45, 2.75) is 64.7 Å². The van der Waals surface area contributed by atoms with E-state index in [0.29, 0.717) is 17.9 Å². The van der Waals surface area contributed by atoms with Crippen LogP contribution in [0.1, 0.15) is 57.6 Å². The molecule has 0 bridgehead atoms. The Balaban J connectivity index is 1.90. The van der Waals surface area contributed by atoms with Gasteiger partial charge in [0.25, 0.3) is 0 Å². The van der Waals surface area contributed by atoms with Crippen LogP contribution in [0.5, 0.6) is 0 Å². The third-order valence-corrected chi connectivity index (χ3v) is 6.73. The van der Waals surface area contributed by atoms with E-state index in [1.165, 1.54) is 36.4 Å². The fraction of sp³-hybridized carbons (Fsp3) is 0.462. The van der Waals surface area contributed by atoms with Gasteiger partial charge in [-0.15, -0.1) is 0 Å². The molecule has 0 radical (unpaired) electrons. The number of ether oxygens (including phenoxy) is 1. The molecule has 0 spiro atoms. The fourth-order valence-electron chi connectivity index (χ4n) is 3.93. The average molecular weight is 548 g/mol. The molecule has 1 aliphatic rings. The Labute approximate surface area is 217 Å². The molecule has 0 aromatic heterocycles. The van der Waals surface area contributed by atoms with Crippen LogP contribution in [0.2, 0.25) is 10.0 Å². The van der Waals surface area contributed by atoms with Crippen molar-refractivity contribution >= 4 is 40.8 Å². The van der Waals surface area contributed by atoms with Gasteiger partial charge >= 0.3 is 12.1 Å². The highest BCUT2D eigenvalue weighted by Gasteiger charge is 2.52. The highest BCUT2D eigenvalue weighted by molar-refractivity contribution is 6.33. The summed E-state index contributed by atoms with van der Waals surface area (Å²) >= 11 is 12.0. The van der Waals surface area contributed by atoms with Crippen LogP contribution in [-0.4, -0.2) is 23.7 Å². The Kier molecular flexibility index (Phi) is 8.01. The summed E-state index contributed by atoms with van der Waals surface area (Å²) in [5.74, 6) is -6.19. The van der Waals surface area contributed by atoms with Crippen molar-refractivity contribution in [2.75, 3.05) is 5.32 Å². The highest BCUT2D eigenvalue weighted by atomic mass is 35.5. The molecule has 2 aromatic rings. The quantitative estimate of drug-likeness (QED) is 0.285. The van der Waals surface area contributed by atoms with Crippen molar-refractivity contribution in [2.24, 2.45) is 11.3 Å². The molecule has 1 amide bonds. The molecule has 10 heteroatoms. The average Bonchev–Trinajstić information content (AvgIpc) is 3.54. The molecule has 2 atom stereocenters. The second-order valence-corrected chi connectivity index (χ2v) is 11.0. The number of benzene rings is 2. The van der Waals surface area contributed by atoms with Gasteiger partial charge < -0.3 is 10.1 Å². The standard InChI is InChI=1S/C26H27Cl2F4NO3/c1-14(26(30,31)32)19(15-5-8-17(27)9-6-15)22(34)33-21-18(28)10-7-16(20(21)29)13-25(11-12-25)23(35)36-24(2,3)4/h5-10,14,19H,11-13H2,1-4H3,(H,33,34)/t14-,19?/m1/s1. The molecule has 1 N–H and O–H groups in total. The fourth-order valence-corrected chi connectivity index (χ4v) is 4.25. The maximum absolute atomic E-state index is 15.5. The zero-order chi connectivity index (χ0) is 27.1. The SMILES string of the molecule is C[C@H](C(C(=O)Nc1c(Cl)ccc(CC2(C(=O)OC(C)(C)C)CC2)c1F)c1ccc(Cl)cc1)C(F)(F)F. The van der Waals surface area contributed by atoms with Crippen LogP contribution in [0.25, 0.3) is 0 Å². The third kappa shape index (κ3) is 6.51. The Bertz CT molecular complexity index is 1140. The number of amides is 1. The second-order valence-electron chi connectivity index (χ2n) is 10.2. The molecule has 4 nitrogen and oxygen atoms in total. The van der Waals surface area contributed by atoms with E-state index in [-0.39, 0.29) is 22.6 Å². The number of carbonyl (C=O) groups is 2. The Morgan fingerprint density at radius 2 is 1.64 bits per heavy atom. The molecular formula is C26H27Cl2F4NO3. The Morgan fingerprint density at radius 3 is 2.14 bits per heavy atom. The lowest BCUT2D eigenvalue weighted by molar-refractivity contribution is -0.178. The lowest BCUT2D eigenvalue weighted by atomic mass is 9.85. The number of alkyl halides is 3. The van der Waals surface area contributed by atoms with Crippen molar-refractivity contribution in [3.63, 3.8) is 0 Å². The van der Waals surface area contributed by atoms with Crippen molar-refractivity contribution in [1.82, 2.24) is 0 Å². The van der Waals surface area contributed by atoms with Crippen LogP contribution in [0.3, 0.4) is 0 Å². The van der Waals surface area contributed by atoms with Crippen molar-refractivity contribution in [3.8, 4) is 0 Å². The molecule has 1 aliphatic carbocycles. The first-order chi connectivity index (χ1) is 16.5. The number of hydrogen-bond acceptors (Lipinski definition) is 3. The molecular weight excluding hydrogens is 521 g/mol. The molecule has 1 unspecified atom stereocenters. The summed E-state index contributed by atoms with van der Waals surface area (Å²) in [5.41, 5.74) is -1.87. The first-order valence-electron chi connectivity index (χ1n) is 11.4. The van der Waals surface area contributed by atoms with Crippen LogP contribution in [-0.2, 0) is 20.7 Å². The number of carbonyl (C=O) groups excluding carboxylic acids is 2. The van der Waals surface area contributed by atoms with Crippen LogP contribution >= 0.6 is 23.2 Å². The van der Waals surface area contributed by atoms with Gasteiger partial charge in [0.15, 0.2) is 5.82 Å². The Hall–Kier alpha value is -2.32. The first-order valence-corrected chi connectivity index (χ1v) is 12.1. The van der Waals surface area contributed by atoms with Gasteiger partial charge in [0, 0.05) is 5.02 Å². The van der Waals surface area contributed by atoms with Gasteiger partial charge in [0.2, 0.25) is 5.91 Å². The van der Waals surface area contributed by atoms with Gasteiger partial charge in [-0.3, -0.25) is 9.59 Å².